The molecule has 0 aromatic heterocycles. The number of thioether (sulfide) groups is 1. The third kappa shape index (κ3) is 15.5. The van der Waals surface area contributed by atoms with Crippen molar-refractivity contribution in [2.75, 3.05) is 11.5 Å². The van der Waals surface area contributed by atoms with Crippen LogP contribution in [0.1, 0.15) is 82.3 Å². The van der Waals surface area contributed by atoms with Crippen LogP contribution in [0.5, 0.6) is 0 Å². The van der Waals surface area contributed by atoms with Crippen LogP contribution >= 0.6 is 11.8 Å². The van der Waals surface area contributed by atoms with Gasteiger partial charge in [0, 0.05) is 22.8 Å². The summed E-state index contributed by atoms with van der Waals surface area (Å²) in [6.45, 7) is 4.43. The molecule has 0 aliphatic rings. The maximum Gasteiger partial charge on any atom is 0.303 e. The van der Waals surface area contributed by atoms with Crippen LogP contribution < -0.4 is 5.73 Å². The van der Waals surface area contributed by atoms with Crippen LogP contribution in [-0.2, 0) is 11.2 Å². The van der Waals surface area contributed by atoms with E-state index in [1.165, 1.54) is 74.3 Å². The van der Waals surface area contributed by atoms with Gasteiger partial charge in [0.1, 0.15) is 0 Å². The van der Waals surface area contributed by atoms with Gasteiger partial charge in [0.05, 0.1) is 6.10 Å². The van der Waals surface area contributed by atoms with Crippen LogP contribution in [0.2, 0.25) is 0 Å². The van der Waals surface area contributed by atoms with Gasteiger partial charge < -0.3 is 15.9 Å². The zero-order valence-electron chi connectivity index (χ0n) is 20.5. The van der Waals surface area contributed by atoms with Crippen LogP contribution in [0.25, 0.3) is 0 Å². The minimum absolute atomic E-state index is 0.106. The molecule has 0 fully saturated rings. The van der Waals surface area contributed by atoms with E-state index in [0.717, 1.165) is 4.90 Å². The van der Waals surface area contributed by atoms with Crippen molar-refractivity contribution in [1.82, 2.24) is 0 Å². The topological polar surface area (TPSA) is 83.5 Å². The molecule has 1 atom stereocenters. The van der Waals surface area contributed by atoms with E-state index < -0.39 is 12.1 Å². The van der Waals surface area contributed by atoms with Crippen LogP contribution in [0.15, 0.2) is 53.4 Å². The summed E-state index contributed by atoms with van der Waals surface area (Å²) in [5.74, 6) is -0.287. The number of anilines is 1. The Morgan fingerprint density at radius 1 is 0.939 bits per heavy atom. The van der Waals surface area contributed by atoms with Crippen molar-refractivity contribution >= 4 is 23.4 Å². The molecule has 0 spiro atoms. The molecule has 0 aliphatic carbocycles. The monoisotopic (exact) mass is 473 g/mol. The van der Waals surface area contributed by atoms with Crippen LogP contribution in [0, 0.1) is 6.92 Å². The molecule has 2 rings (SSSR count). The number of aliphatic hydroxyl groups excluding tert-OH is 1. The maximum absolute atomic E-state index is 10.3. The molecular formula is C28H43NO3S. The number of hydrogen-bond donors (Lipinski definition) is 3. The maximum atomic E-state index is 10.3. The Kier molecular flexibility index (Phi) is 16.2. The minimum Gasteiger partial charge on any atom is -0.481 e. The molecule has 0 bridgehead atoms. The highest BCUT2D eigenvalue weighted by Crippen LogP contribution is 2.25. The quantitative estimate of drug-likeness (QED) is 0.144. The molecule has 0 radical (unpaired) electrons. The first-order valence-corrected chi connectivity index (χ1v) is 13.3. The van der Waals surface area contributed by atoms with E-state index in [2.05, 4.69) is 38.1 Å². The molecule has 0 saturated heterocycles. The molecule has 0 saturated carbocycles. The van der Waals surface area contributed by atoms with Gasteiger partial charge in [-0.1, -0.05) is 87.4 Å². The highest BCUT2D eigenvalue weighted by Gasteiger charge is 2.07. The number of carboxylic acids is 1. The summed E-state index contributed by atoms with van der Waals surface area (Å²) in [7, 11) is 0. The molecular weight excluding hydrogens is 430 g/mol. The SMILES string of the molecule is CCCCCCCCCc1ccc(C)cc1.Nc1ccccc1SCC(O)CCCC(=O)O. The predicted molar refractivity (Wildman–Crippen MR) is 142 cm³/mol. The number of aliphatic carboxylic acids is 1. The van der Waals surface area contributed by atoms with Gasteiger partial charge in [0.25, 0.3) is 0 Å². The number of rotatable bonds is 15. The molecule has 2 aromatic rings. The molecule has 0 heterocycles. The van der Waals surface area contributed by atoms with Crippen LogP contribution in [0.4, 0.5) is 5.69 Å². The van der Waals surface area contributed by atoms with Gasteiger partial charge in [-0.3, -0.25) is 4.79 Å². The summed E-state index contributed by atoms with van der Waals surface area (Å²) in [5, 5.41) is 18.1. The Hall–Kier alpha value is -1.98. The number of para-hydroxylation sites is 1. The summed E-state index contributed by atoms with van der Waals surface area (Å²) in [6.07, 6.45) is 11.7. The normalized spacial score (nSPS) is 11.5. The highest BCUT2D eigenvalue weighted by molar-refractivity contribution is 7.99. The van der Waals surface area contributed by atoms with Gasteiger partial charge in [-0.2, -0.15) is 0 Å². The third-order valence-corrected chi connectivity index (χ3v) is 6.70. The van der Waals surface area contributed by atoms with Gasteiger partial charge in [-0.05, 0) is 50.3 Å². The number of unbranched alkanes of at least 4 members (excludes halogenated alkanes) is 6. The zero-order chi connectivity index (χ0) is 24.3. The summed E-state index contributed by atoms with van der Waals surface area (Å²) >= 11 is 1.49. The predicted octanol–water partition coefficient (Wildman–Crippen LogP) is 7.26. The lowest BCUT2D eigenvalue weighted by Crippen LogP contribution is -2.10. The highest BCUT2D eigenvalue weighted by atomic mass is 32.2. The first-order valence-electron chi connectivity index (χ1n) is 12.3. The first kappa shape index (κ1) is 29.1. The lowest BCUT2D eigenvalue weighted by Gasteiger charge is -2.10. The number of nitrogens with two attached hydrogens (primary N) is 1. The Balaban J connectivity index is 0.000000331. The van der Waals surface area contributed by atoms with E-state index in [1.54, 1.807) is 0 Å². The van der Waals surface area contributed by atoms with Gasteiger partial charge in [-0.15, -0.1) is 11.8 Å². The lowest BCUT2D eigenvalue weighted by molar-refractivity contribution is -0.137. The molecule has 4 nitrogen and oxygen atoms in total. The average Bonchev–Trinajstić information content (AvgIpc) is 2.79. The van der Waals surface area contributed by atoms with E-state index in [-0.39, 0.29) is 6.42 Å². The largest absolute Gasteiger partial charge is 0.481 e. The molecule has 4 N–H and O–H groups in total. The molecule has 184 valence electrons. The van der Waals surface area contributed by atoms with Crippen molar-refractivity contribution in [3.8, 4) is 0 Å². The lowest BCUT2D eigenvalue weighted by atomic mass is 10.0. The van der Waals surface area contributed by atoms with Crippen molar-refractivity contribution in [2.24, 2.45) is 0 Å². The number of nitrogen functional groups attached to an aromatic ring is 1. The fourth-order valence-corrected chi connectivity index (χ4v) is 4.36. The van der Waals surface area contributed by atoms with Crippen molar-refractivity contribution in [2.45, 2.75) is 95.5 Å². The van der Waals surface area contributed by atoms with Crippen LogP contribution in [-0.4, -0.2) is 28.0 Å². The first-order chi connectivity index (χ1) is 15.9. The summed E-state index contributed by atoms with van der Waals surface area (Å²) in [6, 6.07) is 16.5. The number of carbonyl (C=O) groups is 1. The van der Waals surface area contributed by atoms with E-state index in [0.29, 0.717) is 24.3 Å². The molecule has 5 heteroatoms. The molecule has 33 heavy (non-hydrogen) atoms. The van der Waals surface area contributed by atoms with Crippen molar-refractivity contribution in [3.63, 3.8) is 0 Å². The fourth-order valence-electron chi connectivity index (χ4n) is 3.41. The molecule has 0 aliphatic heterocycles. The summed E-state index contributed by atoms with van der Waals surface area (Å²) < 4.78 is 0. The van der Waals surface area contributed by atoms with Crippen molar-refractivity contribution in [1.29, 1.82) is 0 Å². The zero-order valence-corrected chi connectivity index (χ0v) is 21.3. The summed E-state index contributed by atoms with van der Waals surface area (Å²) in [5.41, 5.74) is 9.33. The average molecular weight is 474 g/mol. The second-order valence-electron chi connectivity index (χ2n) is 8.65. The van der Waals surface area contributed by atoms with E-state index in [1.807, 2.05) is 24.3 Å². The van der Waals surface area contributed by atoms with Gasteiger partial charge in [0.15, 0.2) is 0 Å². The summed E-state index contributed by atoms with van der Waals surface area (Å²) in [4.78, 5) is 11.3. The smallest absolute Gasteiger partial charge is 0.303 e. The Labute approximate surface area is 205 Å². The second-order valence-corrected chi connectivity index (χ2v) is 9.71. The van der Waals surface area contributed by atoms with Crippen molar-refractivity contribution < 1.29 is 15.0 Å². The van der Waals surface area contributed by atoms with Crippen molar-refractivity contribution in [3.05, 3.63) is 59.7 Å². The number of carboxylic acid groups (broad SMARTS) is 1. The second kappa shape index (κ2) is 18.4. The number of benzene rings is 2. The Morgan fingerprint density at radius 3 is 2.21 bits per heavy atom. The fraction of sp³-hybridized carbons (Fsp3) is 0.536. The standard InChI is InChI=1S/C16H26.C12H17NO3S/c1-3-4-5-6-7-8-9-10-16-13-11-15(2)12-14-16;13-10-5-1-2-6-11(10)17-8-9(14)4-3-7-12(15)16/h11-14H,3-10H2,1-2H3;1-2,5-6,9,14H,3-4,7-8,13H2,(H,15,16). The third-order valence-electron chi connectivity index (χ3n) is 5.47. The number of aryl methyl sites for hydroxylation is 2. The Morgan fingerprint density at radius 2 is 1.58 bits per heavy atom. The Bertz CT molecular complexity index is 764. The van der Waals surface area contributed by atoms with E-state index in [4.69, 9.17) is 10.8 Å². The van der Waals surface area contributed by atoms with Gasteiger partial charge in [-0.25, -0.2) is 0 Å². The minimum atomic E-state index is -0.822. The molecule has 1 unspecified atom stereocenters. The molecule has 2 aromatic carbocycles. The number of aliphatic hydroxyl groups is 1. The van der Waals surface area contributed by atoms with E-state index in [9.17, 15) is 9.90 Å². The van der Waals surface area contributed by atoms with Gasteiger partial charge in [0.2, 0.25) is 0 Å². The van der Waals surface area contributed by atoms with Gasteiger partial charge >= 0.3 is 5.97 Å². The number of hydrogen-bond acceptors (Lipinski definition) is 4. The molecule has 0 amide bonds. The van der Waals surface area contributed by atoms with Crippen LogP contribution in [0.3, 0.4) is 0 Å². The van der Waals surface area contributed by atoms with E-state index >= 15 is 0 Å².